The number of hydrogen-bond acceptors (Lipinski definition) is 4. The average Bonchev–Trinajstić information content (AvgIpc) is 3.05. The van der Waals surface area contributed by atoms with Crippen molar-refractivity contribution in [2.24, 2.45) is 0 Å². The van der Waals surface area contributed by atoms with Crippen LogP contribution in [-0.4, -0.2) is 58.5 Å². The highest BCUT2D eigenvalue weighted by Crippen LogP contribution is 2.27. The number of nitrogens with zero attached hydrogens (tertiary/aromatic N) is 3. The molecule has 0 spiro atoms. The van der Waals surface area contributed by atoms with E-state index in [0.29, 0.717) is 25.3 Å². The first-order valence-corrected chi connectivity index (χ1v) is 10.4. The Bertz CT molecular complexity index is 972. The Hall–Kier alpha value is -2.56. The first kappa shape index (κ1) is 19.7. The van der Waals surface area contributed by atoms with Gasteiger partial charge in [0.15, 0.2) is 0 Å². The van der Waals surface area contributed by atoms with Crippen LogP contribution in [0.25, 0.3) is 11.0 Å². The Morgan fingerprint density at radius 2 is 1.79 bits per heavy atom. The molecule has 1 aromatic heterocycles. The fourth-order valence-corrected chi connectivity index (χ4v) is 4.41. The molecule has 1 saturated heterocycles. The molecule has 2 aliphatic rings. The lowest BCUT2D eigenvalue weighted by Crippen LogP contribution is -2.52. The number of morpholine rings is 1. The maximum absolute atomic E-state index is 13.2. The van der Waals surface area contributed by atoms with Gasteiger partial charge in [0, 0.05) is 26.2 Å². The van der Waals surface area contributed by atoms with Crippen LogP contribution in [-0.2, 0) is 11.3 Å². The summed E-state index contributed by atoms with van der Waals surface area (Å²) in [6, 6.07) is 6.99. The SMILES string of the molecule is C#CC1(NC(=O)n2c(=O)n(CCN3CCOCC3)c3ccccc32)CCCCC1. The molecule has 7 nitrogen and oxygen atoms in total. The zero-order valence-corrected chi connectivity index (χ0v) is 16.7. The number of rotatable bonds is 4. The molecule has 1 aliphatic carbocycles. The van der Waals surface area contributed by atoms with E-state index in [0.717, 1.165) is 57.3 Å². The third-order valence-electron chi connectivity index (χ3n) is 6.11. The predicted octanol–water partition coefficient (Wildman–Crippen LogP) is 2.03. The number of fused-ring (bicyclic) bond motifs is 1. The van der Waals surface area contributed by atoms with E-state index in [1.54, 1.807) is 4.57 Å². The zero-order valence-electron chi connectivity index (χ0n) is 16.7. The van der Waals surface area contributed by atoms with E-state index in [-0.39, 0.29) is 5.69 Å². The molecule has 2 heterocycles. The van der Waals surface area contributed by atoms with Gasteiger partial charge in [-0.05, 0) is 25.0 Å². The fourth-order valence-electron chi connectivity index (χ4n) is 4.41. The summed E-state index contributed by atoms with van der Waals surface area (Å²) >= 11 is 0. The number of ether oxygens (including phenoxy) is 1. The standard InChI is InChI=1S/C22H28N4O3/c1-2-22(10-6-3-7-11-22)23-20(27)26-19-9-5-4-8-18(19)25(21(26)28)13-12-24-14-16-29-17-15-24/h1,4-5,8-9H,3,6-7,10-17H2,(H,23,27). The molecule has 1 aliphatic heterocycles. The van der Waals surface area contributed by atoms with Crippen LogP contribution in [0.3, 0.4) is 0 Å². The summed E-state index contributed by atoms with van der Waals surface area (Å²) in [5.74, 6) is 2.79. The lowest BCUT2D eigenvalue weighted by molar-refractivity contribution is 0.0364. The summed E-state index contributed by atoms with van der Waals surface area (Å²) in [7, 11) is 0. The predicted molar refractivity (Wildman–Crippen MR) is 112 cm³/mol. The van der Waals surface area contributed by atoms with Gasteiger partial charge in [0.25, 0.3) is 0 Å². The number of carbonyl (C=O) groups is 1. The molecule has 2 fully saturated rings. The molecule has 1 aromatic carbocycles. The molecule has 29 heavy (non-hydrogen) atoms. The van der Waals surface area contributed by atoms with Crippen molar-refractivity contribution in [3.8, 4) is 12.3 Å². The van der Waals surface area contributed by atoms with E-state index in [9.17, 15) is 9.59 Å². The van der Waals surface area contributed by atoms with Crippen LogP contribution in [0, 0.1) is 12.3 Å². The quantitative estimate of drug-likeness (QED) is 0.803. The van der Waals surface area contributed by atoms with E-state index in [2.05, 4.69) is 16.1 Å². The first-order valence-electron chi connectivity index (χ1n) is 10.4. The number of hydrogen-bond donors (Lipinski definition) is 1. The molecule has 7 heteroatoms. The van der Waals surface area contributed by atoms with Crippen LogP contribution in [0.4, 0.5) is 4.79 Å². The Morgan fingerprint density at radius 3 is 2.48 bits per heavy atom. The van der Waals surface area contributed by atoms with Crippen molar-refractivity contribution in [1.82, 2.24) is 19.4 Å². The van der Waals surface area contributed by atoms with Gasteiger partial charge in [-0.1, -0.05) is 37.3 Å². The van der Waals surface area contributed by atoms with Gasteiger partial charge in [0.1, 0.15) is 5.54 Å². The second kappa shape index (κ2) is 8.44. The summed E-state index contributed by atoms with van der Waals surface area (Å²) in [5.41, 5.74) is 0.394. The first-order chi connectivity index (χ1) is 14.1. The van der Waals surface area contributed by atoms with Gasteiger partial charge >= 0.3 is 11.7 Å². The van der Waals surface area contributed by atoms with Crippen molar-refractivity contribution in [3.63, 3.8) is 0 Å². The van der Waals surface area contributed by atoms with Crippen molar-refractivity contribution in [2.45, 2.75) is 44.2 Å². The lowest BCUT2D eigenvalue weighted by Gasteiger charge is -2.33. The maximum Gasteiger partial charge on any atom is 0.337 e. The zero-order chi connectivity index (χ0) is 20.3. The smallest absolute Gasteiger partial charge is 0.337 e. The van der Waals surface area contributed by atoms with Crippen LogP contribution in [0.1, 0.15) is 32.1 Å². The van der Waals surface area contributed by atoms with Gasteiger partial charge in [0.05, 0.1) is 24.2 Å². The number of nitrogens with one attached hydrogen (secondary N) is 1. The minimum atomic E-state index is -0.661. The number of terminal acetylenes is 1. The Balaban J connectivity index is 1.62. The van der Waals surface area contributed by atoms with Gasteiger partial charge in [-0.3, -0.25) is 9.47 Å². The molecule has 1 saturated carbocycles. The fraction of sp³-hybridized carbons (Fsp3) is 0.545. The molecule has 154 valence electrons. The number of aromatic nitrogens is 2. The molecule has 1 amide bonds. The topological polar surface area (TPSA) is 68.5 Å². The van der Waals surface area contributed by atoms with Crippen molar-refractivity contribution >= 4 is 17.1 Å². The van der Waals surface area contributed by atoms with Gasteiger partial charge in [-0.2, -0.15) is 0 Å². The highest BCUT2D eigenvalue weighted by Gasteiger charge is 2.33. The van der Waals surface area contributed by atoms with Crippen molar-refractivity contribution < 1.29 is 9.53 Å². The van der Waals surface area contributed by atoms with E-state index < -0.39 is 11.6 Å². The number of imidazole rings is 1. The summed E-state index contributed by atoms with van der Waals surface area (Å²) in [6.45, 7) is 4.42. The van der Waals surface area contributed by atoms with Gasteiger partial charge < -0.3 is 10.1 Å². The summed E-state index contributed by atoms with van der Waals surface area (Å²) in [5, 5.41) is 3.00. The summed E-state index contributed by atoms with van der Waals surface area (Å²) in [4.78, 5) is 28.6. The molecule has 0 unspecified atom stereocenters. The largest absolute Gasteiger partial charge is 0.379 e. The Labute approximate surface area is 170 Å². The molecule has 2 aromatic rings. The average molecular weight is 396 g/mol. The normalized spacial score (nSPS) is 19.7. The van der Waals surface area contributed by atoms with Crippen LogP contribution in [0.15, 0.2) is 29.1 Å². The Kier molecular flexibility index (Phi) is 5.74. The maximum atomic E-state index is 13.2. The van der Waals surface area contributed by atoms with Gasteiger partial charge in [0.2, 0.25) is 0 Å². The van der Waals surface area contributed by atoms with E-state index in [4.69, 9.17) is 11.2 Å². The number of benzene rings is 1. The molecular formula is C22H28N4O3. The minimum Gasteiger partial charge on any atom is -0.379 e. The van der Waals surface area contributed by atoms with Crippen LogP contribution in [0.2, 0.25) is 0 Å². The Morgan fingerprint density at radius 1 is 1.10 bits per heavy atom. The van der Waals surface area contributed by atoms with E-state index in [1.165, 1.54) is 4.57 Å². The van der Waals surface area contributed by atoms with Crippen molar-refractivity contribution in [2.75, 3.05) is 32.8 Å². The molecule has 4 rings (SSSR count). The van der Waals surface area contributed by atoms with Crippen molar-refractivity contribution in [3.05, 3.63) is 34.7 Å². The van der Waals surface area contributed by atoms with E-state index >= 15 is 0 Å². The number of carbonyl (C=O) groups excluding carboxylic acids is 1. The minimum absolute atomic E-state index is 0.319. The van der Waals surface area contributed by atoms with Crippen LogP contribution >= 0.6 is 0 Å². The van der Waals surface area contributed by atoms with Crippen molar-refractivity contribution in [1.29, 1.82) is 0 Å². The lowest BCUT2D eigenvalue weighted by atomic mass is 9.82. The van der Waals surface area contributed by atoms with Gasteiger partial charge in [-0.15, -0.1) is 6.42 Å². The molecular weight excluding hydrogens is 368 g/mol. The molecule has 0 radical (unpaired) electrons. The highest BCUT2D eigenvalue weighted by molar-refractivity contribution is 5.90. The molecule has 0 atom stereocenters. The summed E-state index contributed by atoms with van der Waals surface area (Å²) in [6.07, 6.45) is 10.4. The summed E-state index contributed by atoms with van der Waals surface area (Å²) < 4.78 is 8.32. The molecule has 1 N–H and O–H groups in total. The highest BCUT2D eigenvalue weighted by atomic mass is 16.5. The number of para-hydroxylation sites is 2. The van der Waals surface area contributed by atoms with E-state index in [1.807, 2.05) is 24.3 Å². The third-order valence-corrected chi connectivity index (χ3v) is 6.11. The monoisotopic (exact) mass is 396 g/mol. The van der Waals surface area contributed by atoms with Crippen LogP contribution in [0.5, 0.6) is 0 Å². The molecule has 0 bridgehead atoms. The second-order valence-corrected chi connectivity index (χ2v) is 7.93. The third kappa shape index (κ3) is 3.96. The van der Waals surface area contributed by atoms with Crippen LogP contribution < -0.4 is 11.0 Å². The number of amides is 1. The van der Waals surface area contributed by atoms with Gasteiger partial charge in [-0.25, -0.2) is 14.2 Å². The second-order valence-electron chi connectivity index (χ2n) is 7.93.